The summed E-state index contributed by atoms with van der Waals surface area (Å²) >= 11 is 0. The molecule has 1 amide bonds. The van der Waals surface area contributed by atoms with E-state index in [0.717, 1.165) is 30.8 Å². The molecule has 1 aromatic rings. The lowest BCUT2D eigenvalue weighted by molar-refractivity contribution is -0.127. The Morgan fingerprint density at radius 1 is 1.44 bits per heavy atom. The van der Waals surface area contributed by atoms with Gasteiger partial charge in [0.2, 0.25) is 5.91 Å². The number of para-hydroxylation sites is 1. The number of hydrogen-bond donors (Lipinski definition) is 1. The van der Waals surface area contributed by atoms with Crippen LogP contribution in [0.4, 0.5) is 5.69 Å². The van der Waals surface area contributed by atoms with Crippen molar-refractivity contribution >= 4 is 11.6 Å². The molecule has 2 rings (SSSR count). The van der Waals surface area contributed by atoms with Crippen LogP contribution in [0.15, 0.2) is 24.3 Å². The maximum absolute atomic E-state index is 11.6. The Morgan fingerprint density at radius 2 is 2.19 bits per heavy atom. The number of benzene rings is 1. The van der Waals surface area contributed by atoms with Crippen molar-refractivity contribution in [3.05, 3.63) is 29.8 Å². The van der Waals surface area contributed by atoms with Gasteiger partial charge in [-0.2, -0.15) is 0 Å². The number of anilines is 1. The molecular weight excluding hydrogens is 200 g/mol. The summed E-state index contributed by atoms with van der Waals surface area (Å²) in [6, 6.07) is 7.85. The molecule has 3 heteroatoms. The zero-order chi connectivity index (χ0) is 11.5. The van der Waals surface area contributed by atoms with E-state index in [9.17, 15) is 4.79 Å². The Balaban J connectivity index is 1.93. The Kier molecular flexibility index (Phi) is 3.13. The third-order valence-corrected chi connectivity index (χ3v) is 3.11. The third kappa shape index (κ3) is 2.35. The standard InChI is InChI=1S/C13H18N2O/c1-10-8-13(16)15(9-10)7-6-11-4-2-3-5-12(11)14/h2-5,10H,6-9,14H2,1H3. The van der Waals surface area contributed by atoms with E-state index < -0.39 is 0 Å². The minimum atomic E-state index is 0.280. The predicted octanol–water partition coefficient (Wildman–Crippen LogP) is 1.68. The number of hydrogen-bond acceptors (Lipinski definition) is 2. The zero-order valence-corrected chi connectivity index (χ0v) is 9.65. The van der Waals surface area contributed by atoms with Gasteiger partial charge in [-0.25, -0.2) is 0 Å². The van der Waals surface area contributed by atoms with Crippen LogP contribution in [0.1, 0.15) is 18.9 Å². The van der Waals surface area contributed by atoms with Gasteiger partial charge < -0.3 is 10.6 Å². The number of nitrogens with two attached hydrogens (primary N) is 1. The van der Waals surface area contributed by atoms with Gasteiger partial charge in [0.1, 0.15) is 0 Å². The second-order valence-electron chi connectivity index (χ2n) is 4.60. The predicted molar refractivity (Wildman–Crippen MR) is 64.9 cm³/mol. The average molecular weight is 218 g/mol. The Morgan fingerprint density at radius 3 is 2.81 bits per heavy atom. The monoisotopic (exact) mass is 218 g/mol. The average Bonchev–Trinajstić information content (AvgIpc) is 2.56. The Hall–Kier alpha value is -1.51. The summed E-state index contributed by atoms with van der Waals surface area (Å²) < 4.78 is 0. The first-order valence-electron chi connectivity index (χ1n) is 5.78. The van der Waals surface area contributed by atoms with Gasteiger partial charge in [-0.1, -0.05) is 25.1 Å². The smallest absolute Gasteiger partial charge is 0.222 e. The topological polar surface area (TPSA) is 46.3 Å². The maximum atomic E-state index is 11.6. The normalized spacial score (nSPS) is 20.4. The van der Waals surface area contributed by atoms with Crippen molar-refractivity contribution in [2.75, 3.05) is 18.8 Å². The molecule has 1 saturated heterocycles. The molecule has 16 heavy (non-hydrogen) atoms. The number of amides is 1. The molecule has 0 aliphatic carbocycles. The van der Waals surface area contributed by atoms with Crippen LogP contribution in [0.2, 0.25) is 0 Å². The minimum Gasteiger partial charge on any atom is -0.399 e. The molecule has 0 saturated carbocycles. The van der Waals surface area contributed by atoms with E-state index in [1.807, 2.05) is 29.2 Å². The van der Waals surface area contributed by atoms with Gasteiger partial charge in [-0.3, -0.25) is 4.79 Å². The second kappa shape index (κ2) is 4.56. The third-order valence-electron chi connectivity index (χ3n) is 3.11. The maximum Gasteiger partial charge on any atom is 0.222 e. The summed E-state index contributed by atoms with van der Waals surface area (Å²) in [4.78, 5) is 13.5. The molecule has 3 nitrogen and oxygen atoms in total. The van der Waals surface area contributed by atoms with Crippen LogP contribution in [0.3, 0.4) is 0 Å². The van der Waals surface area contributed by atoms with Crippen molar-refractivity contribution in [2.45, 2.75) is 19.8 Å². The van der Waals surface area contributed by atoms with Gasteiger partial charge in [-0.15, -0.1) is 0 Å². The van der Waals surface area contributed by atoms with Crippen LogP contribution < -0.4 is 5.73 Å². The van der Waals surface area contributed by atoms with Crippen molar-refractivity contribution in [3.8, 4) is 0 Å². The number of nitrogen functional groups attached to an aromatic ring is 1. The van der Waals surface area contributed by atoms with Crippen LogP contribution in [-0.2, 0) is 11.2 Å². The number of carbonyl (C=O) groups is 1. The summed E-state index contributed by atoms with van der Waals surface area (Å²) in [6.45, 7) is 3.80. The number of nitrogens with zero attached hydrogens (tertiary/aromatic N) is 1. The molecule has 0 spiro atoms. The Labute approximate surface area is 96.2 Å². The molecule has 0 aromatic heterocycles. The minimum absolute atomic E-state index is 0.280. The van der Waals surface area contributed by atoms with Gasteiger partial charge in [0.25, 0.3) is 0 Å². The van der Waals surface area contributed by atoms with Crippen molar-refractivity contribution < 1.29 is 4.79 Å². The van der Waals surface area contributed by atoms with Gasteiger partial charge in [0, 0.05) is 25.2 Å². The van der Waals surface area contributed by atoms with E-state index in [4.69, 9.17) is 5.73 Å². The molecule has 1 atom stereocenters. The molecule has 1 fully saturated rings. The highest BCUT2D eigenvalue weighted by Crippen LogP contribution is 2.18. The summed E-state index contributed by atoms with van der Waals surface area (Å²) in [5.74, 6) is 0.780. The zero-order valence-electron chi connectivity index (χ0n) is 9.65. The largest absolute Gasteiger partial charge is 0.399 e. The summed E-state index contributed by atoms with van der Waals surface area (Å²) in [5, 5.41) is 0. The fourth-order valence-electron chi connectivity index (χ4n) is 2.20. The van der Waals surface area contributed by atoms with E-state index in [1.54, 1.807) is 0 Å². The summed E-state index contributed by atoms with van der Waals surface area (Å²) in [6.07, 6.45) is 1.55. The van der Waals surface area contributed by atoms with Gasteiger partial charge >= 0.3 is 0 Å². The first kappa shape index (κ1) is 11.0. The lowest BCUT2D eigenvalue weighted by Crippen LogP contribution is -2.27. The molecule has 1 heterocycles. The van der Waals surface area contributed by atoms with Gasteiger partial charge in [-0.05, 0) is 24.0 Å². The van der Waals surface area contributed by atoms with Crippen molar-refractivity contribution in [1.82, 2.24) is 4.90 Å². The van der Waals surface area contributed by atoms with Gasteiger partial charge in [0.05, 0.1) is 0 Å². The summed E-state index contributed by atoms with van der Waals surface area (Å²) in [5.41, 5.74) is 7.82. The Bertz CT molecular complexity index is 389. The lowest BCUT2D eigenvalue weighted by Gasteiger charge is -2.16. The number of likely N-dealkylation sites (tertiary alicyclic amines) is 1. The molecule has 0 radical (unpaired) electrons. The van der Waals surface area contributed by atoms with E-state index in [2.05, 4.69) is 6.92 Å². The highest BCUT2D eigenvalue weighted by molar-refractivity contribution is 5.78. The SMILES string of the molecule is CC1CC(=O)N(CCc2ccccc2N)C1. The molecule has 1 aromatic carbocycles. The molecule has 86 valence electrons. The summed E-state index contributed by atoms with van der Waals surface area (Å²) in [7, 11) is 0. The van der Waals surface area contributed by atoms with E-state index in [-0.39, 0.29) is 5.91 Å². The molecule has 1 aliphatic heterocycles. The first-order chi connectivity index (χ1) is 7.66. The quantitative estimate of drug-likeness (QED) is 0.785. The van der Waals surface area contributed by atoms with Crippen molar-refractivity contribution in [2.24, 2.45) is 5.92 Å². The van der Waals surface area contributed by atoms with Gasteiger partial charge in [0.15, 0.2) is 0 Å². The molecule has 1 aliphatic rings. The highest BCUT2D eigenvalue weighted by atomic mass is 16.2. The number of carbonyl (C=O) groups excluding carboxylic acids is 1. The van der Waals surface area contributed by atoms with E-state index >= 15 is 0 Å². The van der Waals surface area contributed by atoms with Crippen LogP contribution in [0.25, 0.3) is 0 Å². The van der Waals surface area contributed by atoms with Crippen LogP contribution in [0.5, 0.6) is 0 Å². The van der Waals surface area contributed by atoms with Crippen molar-refractivity contribution in [1.29, 1.82) is 0 Å². The second-order valence-corrected chi connectivity index (χ2v) is 4.60. The number of rotatable bonds is 3. The van der Waals surface area contributed by atoms with E-state index in [1.165, 1.54) is 0 Å². The van der Waals surface area contributed by atoms with Crippen LogP contribution in [-0.4, -0.2) is 23.9 Å². The lowest BCUT2D eigenvalue weighted by atomic mass is 10.1. The molecule has 1 unspecified atom stereocenters. The van der Waals surface area contributed by atoms with E-state index in [0.29, 0.717) is 12.3 Å². The first-order valence-corrected chi connectivity index (χ1v) is 5.78. The highest BCUT2D eigenvalue weighted by Gasteiger charge is 2.25. The van der Waals surface area contributed by atoms with Crippen molar-refractivity contribution in [3.63, 3.8) is 0 Å². The molecule has 2 N–H and O–H groups in total. The van der Waals surface area contributed by atoms with Crippen LogP contribution in [0, 0.1) is 5.92 Å². The van der Waals surface area contributed by atoms with Crippen LogP contribution >= 0.6 is 0 Å². The fraction of sp³-hybridized carbons (Fsp3) is 0.462. The molecule has 0 bridgehead atoms. The molecular formula is C13H18N2O. The fourth-order valence-corrected chi connectivity index (χ4v) is 2.20.